The summed E-state index contributed by atoms with van der Waals surface area (Å²) in [5.41, 5.74) is 3.53. The number of methoxy groups -OCH3 is 1. The predicted molar refractivity (Wildman–Crippen MR) is 170 cm³/mol. The fourth-order valence-electron chi connectivity index (χ4n) is 5.16. The van der Waals surface area contributed by atoms with E-state index in [0.29, 0.717) is 27.7 Å². The third-order valence-corrected chi connectivity index (χ3v) is 7.85. The standard InChI is InChI=1S/C35H32ClN3O5/c1-22(2)24-10-12-25(13-11-24)32(34(42)37-27-16-18-28(44-3)19-17-27)39(20-23-8-14-26(36)15-9-23)31(40)21-38-30-7-5-4-6-29(30)33(41)35(38)43/h4-19,22,32H,20-21H2,1-3H3,(H,37,42). The van der Waals surface area contributed by atoms with Crippen molar-refractivity contribution in [2.24, 2.45) is 0 Å². The van der Waals surface area contributed by atoms with Crippen LogP contribution in [0.2, 0.25) is 5.02 Å². The number of ether oxygens (including phenoxy) is 1. The van der Waals surface area contributed by atoms with Crippen molar-refractivity contribution < 1.29 is 23.9 Å². The Hall–Kier alpha value is -4.95. The van der Waals surface area contributed by atoms with E-state index < -0.39 is 36.1 Å². The van der Waals surface area contributed by atoms with E-state index >= 15 is 0 Å². The van der Waals surface area contributed by atoms with Crippen LogP contribution in [-0.4, -0.2) is 42.1 Å². The molecule has 0 aromatic heterocycles. The van der Waals surface area contributed by atoms with E-state index in [2.05, 4.69) is 19.2 Å². The van der Waals surface area contributed by atoms with Gasteiger partial charge >= 0.3 is 0 Å². The van der Waals surface area contributed by atoms with Crippen molar-refractivity contribution in [3.05, 3.63) is 124 Å². The third kappa shape index (κ3) is 6.50. The minimum absolute atomic E-state index is 0.0419. The molecule has 0 bridgehead atoms. The number of rotatable bonds is 10. The number of benzene rings is 4. The maximum Gasteiger partial charge on any atom is 0.299 e. The van der Waals surface area contributed by atoms with Gasteiger partial charge in [-0.05, 0) is 71.1 Å². The second-order valence-corrected chi connectivity index (χ2v) is 11.3. The first-order valence-corrected chi connectivity index (χ1v) is 14.6. The van der Waals surface area contributed by atoms with E-state index in [4.69, 9.17) is 16.3 Å². The van der Waals surface area contributed by atoms with Gasteiger partial charge in [0.25, 0.3) is 17.6 Å². The van der Waals surface area contributed by atoms with Gasteiger partial charge in [-0.25, -0.2) is 0 Å². The van der Waals surface area contributed by atoms with Crippen molar-refractivity contribution in [1.29, 1.82) is 0 Å². The zero-order valence-electron chi connectivity index (χ0n) is 24.6. The van der Waals surface area contributed by atoms with Crippen LogP contribution in [0.25, 0.3) is 0 Å². The molecule has 1 unspecified atom stereocenters. The van der Waals surface area contributed by atoms with Crippen molar-refractivity contribution >= 4 is 46.5 Å². The number of hydrogen-bond acceptors (Lipinski definition) is 5. The van der Waals surface area contributed by atoms with Crippen molar-refractivity contribution in [3.63, 3.8) is 0 Å². The van der Waals surface area contributed by atoms with Crippen LogP contribution in [0.1, 0.15) is 52.9 Å². The number of nitrogens with zero attached hydrogens (tertiary/aromatic N) is 2. The lowest BCUT2D eigenvalue weighted by molar-refractivity contribution is -0.139. The highest BCUT2D eigenvalue weighted by Gasteiger charge is 2.39. The molecule has 0 fully saturated rings. The molecule has 0 saturated heterocycles. The third-order valence-electron chi connectivity index (χ3n) is 7.60. The van der Waals surface area contributed by atoms with Crippen LogP contribution in [0.5, 0.6) is 5.75 Å². The van der Waals surface area contributed by atoms with E-state index in [0.717, 1.165) is 11.1 Å². The minimum Gasteiger partial charge on any atom is -0.497 e. The molecule has 1 aliphatic heterocycles. The van der Waals surface area contributed by atoms with Gasteiger partial charge in [0.15, 0.2) is 0 Å². The maximum atomic E-state index is 14.3. The van der Waals surface area contributed by atoms with Gasteiger partial charge in [-0.3, -0.25) is 24.1 Å². The molecule has 0 saturated carbocycles. The Morgan fingerprint density at radius 3 is 2.14 bits per heavy atom. The molecule has 8 nitrogen and oxygen atoms in total. The summed E-state index contributed by atoms with van der Waals surface area (Å²) in [7, 11) is 1.56. The zero-order chi connectivity index (χ0) is 31.4. The summed E-state index contributed by atoms with van der Waals surface area (Å²) in [6.07, 6.45) is 0. The van der Waals surface area contributed by atoms with Crippen molar-refractivity contribution in [1.82, 2.24) is 4.90 Å². The first-order chi connectivity index (χ1) is 21.2. The van der Waals surface area contributed by atoms with Crippen LogP contribution in [-0.2, 0) is 20.9 Å². The Bertz CT molecular complexity index is 1690. The van der Waals surface area contributed by atoms with E-state index in [1.165, 1.54) is 9.80 Å². The molecule has 1 heterocycles. The fourth-order valence-corrected chi connectivity index (χ4v) is 5.29. The van der Waals surface area contributed by atoms with E-state index in [-0.39, 0.29) is 18.0 Å². The molecule has 1 aliphatic rings. The molecular weight excluding hydrogens is 578 g/mol. The summed E-state index contributed by atoms with van der Waals surface area (Å²) in [5.74, 6) is -1.52. The summed E-state index contributed by atoms with van der Waals surface area (Å²) < 4.78 is 5.24. The van der Waals surface area contributed by atoms with Crippen molar-refractivity contribution in [2.75, 3.05) is 23.9 Å². The molecule has 44 heavy (non-hydrogen) atoms. The number of amides is 3. The number of nitrogens with one attached hydrogen (secondary N) is 1. The van der Waals surface area contributed by atoms with Crippen LogP contribution in [0.3, 0.4) is 0 Å². The smallest absolute Gasteiger partial charge is 0.299 e. The topological polar surface area (TPSA) is 96.0 Å². The Morgan fingerprint density at radius 2 is 1.50 bits per heavy atom. The SMILES string of the molecule is COc1ccc(NC(=O)C(c2ccc(C(C)C)cc2)N(Cc2ccc(Cl)cc2)C(=O)CN2C(=O)C(=O)c3ccccc32)cc1. The Labute approximate surface area is 261 Å². The van der Waals surface area contributed by atoms with Crippen LogP contribution < -0.4 is 15.0 Å². The number of carbonyl (C=O) groups is 4. The van der Waals surface area contributed by atoms with Gasteiger partial charge in [0.1, 0.15) is 18.3 Å². The highest BCUT2D eigenvalue weighted by Crippen LogP contribution is 2.31. The van der Waals surface area contributed by atoms with Gasteiger partial charge in [-0.15, -0.1) is 0 Å². The van der Waals surface area contributed by atoms with Crippen molar-refractivity contribution in [2.45, 2.75) is 32.4 Å². The highest BCUT2D eigenvalue weighted by atomic mass is 35.5. The fraction of sp³-hybridized carbons (Fsp3) is 0.200. The number of hydrogen-bond donors (Lipinski definition) is 1. The number of anilines is 2. The molecule has 4 aromatic carbocycles. The normalized spacial score (nSPS) is 13.1. The van der Waals surface area contributed by atoms with Gasteiger partial charge in [-0.2, -0.15) is 0 Å². The Kier molecular flexibility index (Phi) is 9.11. The molecule has 9 heteroatoms. The van der Waals surface area contributed by atoms with Gasteiger partial charge in [0.2, 0.25) is 5.91 Å². The molecule has 3 amide bonds. The summed E-state index contributed by atoms with van der Waals surface area (Å²) in [6, 6.07) is 26.9. The second kappa shape index (κ2) is 13.1. The first kappa shape index (κ1) is 30.5. The van der Waals surface area contributed by atoms with Gasteiger partial charge in [0.05, 0.1) is 18.4 Å². The largest absolute Gasteiger partial charge is 0.497 e. The molecule has 4 aromatic rings. The number of ketones is 1. The molecule has 224 valence electrons. The highest BCUT2D eigenvalue weighted by molar-refractivity contribution is 6.52. The molecule has 0 radical (unpaired) electrons. The first-order valence-electron chi connectivity index (χ1n) is 14.2. The average molecular weight is 610 g/mol. The van der Waals surface area contributed by atoms with E-state index in [9.17, 15) is 19.2 Å². The summed E-state index contributed by atoms with van der Waals surface area (Å²) >= 11 is 6.13. The number of carbonyl (C=O) groups excluding carboxylic acids is 4. The lowest BCUT2D eigenvalue weighted by Crippen LogP contribution is -2.46. The number of halogens is 1. The molecule has 1 atom stereocenters. The predicted octanol–water partition coefficient (Wildman–Crippen LogP) is 6.41. The van der Waals surface area contributed by atoms with Gasteiger partial charge in [0, 0.05) is 17.3 Å². The molecule has 0 aliphatic carbocycles. The Balaban J connectivity index is 1.55. The zero-order valence-corrected chi connectivity index (χ0v) is 25.4. The molecule has 5 rings (SSSR count). The number of Topliss-reactive ketones (excluding diaryl/α,β-unsaturated/α-hetero) is 1. The second-order valence-electron chi connectivity index (χ2n) is 10.8. The van der Waals surface area contributed by atoms with E-state index in [1.54, 1.807) is 79.9 Å². The lowest BCUT2D eigenvalue weighted by Gasteiger charge is -2.33. The molecule has 0 spiro atoms. The number of para-hydroxylation sites is 1. The lowest BCUT2D eigenvalue weighted by atomic mass is 9.97. The number of fused-ring (bicyclic) bond motifs is 1. The van der Waals surface area contributed by atoms with Crippen LogP contribution in [0.15, 0.2) is 97.1 Å². The summed E-state index contributed by atoms with van der Waals surface area (Å²) in [5, 5.41) is 3.47. The van der Waals surface area contributed by atoms with Crippen LogP contribution >= 0.6 is 11.6 Å². The summed E-state index contributed by atoms with van der Waals surface area (Å²) in [4.78, 5) is 56.7. The van der Waals surface area contributed by atoms with Crippen molar-refractivity contribution in [3.8, 4) is 5.75 Å². The summed E-state index contributed by atoms with van der Waals surface area (Å²) in [6.45, 7) is 3.77. The van der Waals surface area contributed by atoms with Gasteiger partial charge < -0.3 is 15.0 Å². The Morgan fingerprint density at radius 1 is 0.864 bits per heavy atom. The van der Waals surface area contributed by atoms with E-state index in [1.807, 2.05) is 24.3 Å². The van der Waals surface area contributed by atoms with Crippen LogP contribution in [0, 0.1) is 0 Å². The minimum atomic E-state index is -1.08. The quantitative estimate of drug-likeness (QED) is 0.210. The molecule has 1 N–H and O–H groups in total. The van der Waals surface area contributed by atoms with Crippen LogP contribution in [0.4, 0.5) is 11.4 Å². The van der Waals surface area contributed by atoms with Gasteiger partial charge in [-0.1, -0.05) is 74.0 Å². The molecular formula is C35H32ClN3O5. The maximum absolute atomic E-state index is 14.3. The average Bonchev–Trinajstić information content (AvgIpc) is 3.27. The monoisotopic (exact) mass is 609 g/mol.